The molecule has 0 saturated heterocycles. The molecule has 0 atom stereocenters. The van der Waals surface area contributed by atoms with Crippen molar-refractivity contribution in [2.75, 3.05) is 11.9 Å². The number of anilines is 1. The third-order valence-electron chi connectivity index (χ3n) is 6.32. The first-order valence-corrected chi connectivity index (χ1v) is 16.5. The molecule has 2 aromatic carbocycles. The number of hydrogen-bond acceptors (Lipinski definition) is 6. The normalized spacial score (nSPS) is 12.5. The number of nitrogens with zero attached hydrogens (tertiary/aromatic N) is 2. The van der Waals surface area contributed by atoms with Crippen molar-refractivity contribution in [2.24, 2.45) is 5.14 Å². The summed E-state index contributed by atoms with van der Waals surface area (Å²) in [5.74, 6) is 0.671. The van der Waals surface area contributed by atoms with Gasteiger partial charge in [-0.1, -0.05) is 68.5 Å². The van der Waals surface area contributed by atoms with Crippen molar-refractivity contribution >= 4 is 40.7 Å². The van der Waals surface area contributed by atoms with Crippen LogP contribution < -0.4 is 14.5 Å². The number of rotatable bonds is 7. The van der Waals surface area contributed by atoms with Gasteiger partial charge in [-0.25, -0.2) is 18.5 Å². The number of carbonyl (C=O) groups excluding carboxylic acids is 1. The van der Waals surface area contributed by atoms with E-state index in [1.165, 1.54) is 4.90 Å². The van der Waals surface area contributed by atoms with E-state index in [2.05, 4.69) is 44.9 Å². The Bertz CT molecular complexity index is 1330. The molecule has 10 heteroatoms. The van der Waals surface area contributed by atoms with Crippen molar-refractivity contribution in [1.82, 2.24) is 4.98 Å². The van der Waals surface area contributed by atoms with E-state index in [0.29, 0.717) is 5.13 Å². The van der Waals surface area contributed by atoms with Crippen LogP contribution in [0, 0.1) is 6.92 Å². The lowest BCUT2D eigenvalue weighted by Gasteiger charge is -2.36. The van der Waals surface area contributed by atoms with Crippen LogP contribution in [0.4, 0.5) is 5.13 Å². The molecule has 35 heavy (non-hydrogen) atoms. The summed E-state index contributed by atoms with van der Waals surface area (Å²) >= 11 is 0.892. The second kappa shape index (κ2) is 9.85. The van der Waals surface area contributed by atoms with E-state index in [9.17, 15) is 13.2 Å². The monoisotopic (exact) mass is 531 g/mol. The summed E-state index contributed by atoms with van der Waals surface area (Å²) in [4.78, 5) is 18.4. The highest BCUT2D eigenvalue weighted by atomic mass is 32.2. The topological polar surface area (TPSA) is 103 Å². The number of thiazole rings is 1. The van der Waals surface area contributed by atoms with Gasteiger partial charge in [-0.15, -0.1) is 0 Å². The van der Waals surface area contributed by atoms with E-state index >= 15 is 0 Å². The number of benzene rings is 2. The Morgan fingerprint density at radius 3 is 2.29 bits per heavy atom. The number of amides is 1. The standard InChI is InChI=1S/C25H33N3O4S2Si/c1-17-23(34(26,30)31)33-24(27-17)28(5)22(29)15-18-11-13-19(14-12-18)20-9-8-10-21(16-20)32-35(6,7)25(2,3)4/h8-14,16H,15H2,1-7H3,(H2,26,30,31). The summed E-state index contributed by atoms with van der Waals surface area (Å²) in [6, 6.07) is 15.9. The maximum absolute atomic E-state index is 12.8. The van der Waals surface area contributed by atoms with Crippen molar-refractivity contribution in [3.05, 3.63) is 59.8 Å². The number of sulfonamides is 1. The van der Waals surface area contributed by atoms with E-state index in [1.54, 1.807) is 14.0 Å². The molecule has 1 aromatic heterocycles. The minimum atomic E-state index is -3.87. The van der Waals surface area contributed by atoms with Crippen molar-refractivity contribution in [1.29, 1.82) is 0 Å². The van der Waals surface area contributed by atoms with Gasteiger partial charge in [0.05, 0.1) is 12.1 Å². The average molecular weight is 532 g/mol. The number of aromatic nitrogens is 1. The Morgan fingerprint density at radius 1 is 1.11 bits per heavy atom. The van der Waals surface area contributed by atoms with Gasteiger partial charge in [0.25, 0.3) is 0 Å². The molecule has 0 aliphatic heterocycles. The number of primary sulfonamides is 1. The number of carbonyl (C=O) groups is 1. The van der Waals surface area contributed by atoms with Gasteiger partial charge in [-0.3, -0.25) is 9.69 Å². The minimum Gasteiger partial charge on any atom is -0.543 e. The van der Waals surface area contributed by atoms with Gasteiger partial charge in [0.1, 0.15) is 5.75 Å². The van der Waals surface area contributed by atoms with Crippen LogP contribution in [0.3, 0.4) is 0 Å². The smallest absolute Gasteiger partial charge is 0.250 e. The number of aryl methyl sites for hydroxylation is 1. The molecule has 0 aliphatic carbocycles. The van der Waals surface area contributed by atoms with Gasteiger partial charge in [0.15, 0.2) is 9.34 Å². The maximum atomic E-state index is 12.8. The predicted molar refractivity (Wildman–Crippen MR) is 145 cm³/mol. The van der Waals surface area contributed by atoms with Crippen LogP contribution >= 0.6 is 11.3 Å². The molecule has 1 heterocycles. The molecule has 0 fully saturated rings. The van der Waals surface area contributed by atoms with Gasteiger partial charge in [0.2, 0.25) is 24.2 Å². The Morgan fingerprint density at radius 2 is 1.74 bits per heavy atom. The summed E-state index contributed by atoms with van der Waals surface area (Å²) in [6.45, 7) is 12.7. The lowest BCUT2D eigenvalue weighted by Crippen LogP contribution is -2.43. The highest BCUT2D eigenvalue weighted by Crippen LogP contribution is 2.38. The van der Waals surface area contributed by atoms with Crippen LogP contribution in [0.25, 0.3) is 11.1 Å². The molecule has 2 N–H and O–H groups in total. The molecule has 0 unspecified atom stereocenters. The fourth-order valence-corrected chi connectivity index (χ4v) is 6.13. The quantitative estimate of drug-likeness (QED) is 0.414. The predicted octanol–water partition coefficient (Wildman–Crippen LogP) is 5.36. The van der Waals surface area contributed by atoms with E-state index in [1.807, 2.05) is 42.5 Å². The minimum absolute atomic E-state index is 0.0312. The lowest BCUT2D eigenvalue weighted by atomic mass is 10.0. The molecule has 0 spiro atoms. The Balaban J connectivity index is 1.72. The Labute approximate surface area is 213 Å². The third-order valence-corrected chi connectivity index (χ3v) is 13.5. The van der Waals surface area contributed by atoms with E-state index in [-0.39, 0.29) is 27.3 Å². The molecular formula is C25H33N3O4S2Si. The van der Waals surface area contributed by atoms with Gasteiger partial charge >= 0.3 is 0 Å². The second-order valence-corrected chi connectivity index (χ2v) is 17.6. The summed E-state index contributed by atoms with van der Waals surface area (Å²) in [5.41, 5.74) is 3.21. The van der Waals surface area contributed by atoms with Crippen LogP contribution in [0.2, 0.25) is 18.1 Å². The number of hydrogen-bond donors (Lipinski definition) is 1. The number of likely N-dealkylation sites (N-methyl/N-ethyl adjacent to an activating group) is 1. The first-order valence-electron chi connectivity index (χ1n) is 11.2. The van der Waals surface area contributed by atoms with Gasteiger partial charge in [-0.2, -0.15) is 0 Å². The summed E-state index contributed by atoms with van der Waals surface area (Å²) in [7, 11) is -4.23. The molecule has 0 aliphatic rings. The zero-order valence-corrected chi connectivity index (χ0v) is 23.9. The fourth-order valence-electron chi connectivity index (χ4n) is 3.18. The third kappa shape index (κ3) is 6.37. The van der Waals surface area contributed by atoms with Crippen LogP contribution in [0.5, 0.6) is 5.75 Å². The SMILES string of the molecule is Cc1nc(N(C)C(=O)Cc2ccc(-c3cccc(O[Si](C)(C)C(C)(C)C)c3)cc2)sc1S(N)(=O)=O. The second-order valence-electron chi connectivity index (χ2n) is 10.1. The Kier molecular flexibility index (Phi) is 7.61. The van der Waals surface area contributed by atoms with Crippen LogP contribution in [-0.4, -0.2) is 34.7 Å². The molecule has 1 amide bonds. The first-order chi connectivity index (χ1) is 16.1. The van der Waals surface area contributed by atoms with Crippen molar-refractivity contribution < 1.29 is 17.6 Å². The summed E-state index contributed by atoms with van der Waals surface area (Å²) in [5, 5.41) is 5.64. The highest BCUT2D eigenvalue weighted by Gasteiger charge is 2.39. The summed E-state index contributed by atoms with van der Waals surface area (Å²) in [6.07, 6.45) is 0.161. The van der Waals surface area contributed by atoms with Crippen molar-refractivity contribution in [2.45, 2.75) is 56.5 Å². The zero-order chi connectivity index (χ0) is 26.2. The molecule has 0 bridgehead atoms. The van der Waals surface area contributed by atoms with Crippen molar-refractivity contribution in [3.8, 4) is 16.9 Å². The van der Waals surface area contributed by atoms with Crippen molar-refractivity contribution in [3.63, 3.8) is 0 Å². The molecule has 7 nitrogen and oxygen atoms in total. The molecule has 3 rings (SSSR count). The largest absolute Gasteiger partial charge is 0.543 e. The van der Waals surface area contributed by atoms with E-state index < -0.39 is 18.3 Å². The zero-order valence-electron chi connectivity index (χ0n) is 21.2. The summed E-state index contributed by atoms with van der Waals surface area (Å²) < 4.78 is 29.8. The fraction of sp³-hybridized carbons (Fsp3) is 0.360. The van der Waals surface area contributed by atoms with Crippen LogP contribution in [0.15, 0.2) is 52.7 Å². The van der Waals surface area contributed by atoms with Crippen LogP contribution in [0.1, 0.15) is 32.0 Å². The Hall–Kier alpha value is -2.53. The van der Waals surface area contributed by atoms with Gasteiger partial charge in [0, 0.05) is 7.05 Å². The number of nitrogens with two attached hydrogens (primary N) is 1. The molecule has 188 valence electrons. The van der Waals surface area contributed by atoms with Crippen LogP contribution in [-0.2, 0) is 21.2 Å². The average Bonchev–Trinajstić information content (AvgIpc) is 3.15. The first kappa shape index (κ1) is 27.1. The van der Waals surface area contributed by atoms with E-state index in [4.69, 9.17) is 9.56 Å². The van der Waals surface area contributed by atoms with E-state index in [0.717, 1.165) is 33.8 Å². The van der Waals surface area contributed by atoms with Gasteiger partial charge < -0.3 is 4.43 Å². The molecule has 0 radical (unpaired) electrons. The lowest BCUT2D eigenvalue weighted by molar-refractivity contribution is -0.117. The highest BCUT2D eigenvalue weighted by molar-refractivity contribution is 7.91. The maximum Gasteiger partial charge on any atom is 0.250 e. The molecule has 0 saturated carbocycles. The molecular weight excluding hydrogens is 499 g/mol. The van der Waals surface area contributed by atoms with Gasteiger partial charge in [-0.05, 0) is 53.9 Å². The molecule has 3 aromatic rings.